The summed E-state index contributed by atoms with van der Waals surface area (Å²) < 4.78 is 10.9. The van der Waals surface area contributed by atoms with Crippen LogP contribution in [0.5, 0.6) is 5.88 Å². The second kappa shape index (κ2) is 7.34. The third-order valence-corrected chi connectivity index (χ3v) is 2.45. The van der Waals surface area contributed by atoms with Gasteiger partial charge in [-0.2, -0.15) is 4.98 Å². The van der Waals surface area contributed by atoms with Crippen LogP contribution < -0.4 is 10.1 Å². The van der Waals surface area contributed by atoms with Crippen molar-refractivity contribution in [3.63, 3.8) is 0 Å². The van der Waals surface area contributed by atoms with E-state index >= 15 is 0 Å². The minimum absolute atomic E-state index is 0.221. The molecule has 0 saturated heterocycles. The Labute approximate surface area is 106 Å². The van der Waals surface area contributed by atoms with Gasteiger partial charge in [-0.3, -0.25) is 0 Å². The summed E-state index contributed by atoms with van der Waals surface area (Å²) in [5.41, 5.74) is 0. The molecule has 0 unspecified atom stereocenters. The molecule has 1 N–H and O–H groups in total. The normalized spacial score (nSPS) is 10.6. The van der Waals surface area contributed by atoms with Crippen LogP contribution in [0.15, 0.2) is 11.2 Å². The number of hydrogen-bond donors (Lipinski definition) is 1. The fourth-order valence-electron chi connectivity index (χ4n) is 1.13. The topological polar surface area (TPSA) is 56.3 Å². The molecular weight excluding hydrogens is 238 g/mol. The molecule has 1 rings (SSSR count). The van der Waals surface area contributed by atoms with Crippen molar-refractivity contribution in [3.8, 4) is 5.88 Å². The number of thioether (sulfide) groups is 1. The molecule has 0 spiro atoms. The highest BCUT2D eigenvalue weighted by molar-refractivity contribution is 7.98. The standard InChI is InChI=1S/C11H19N3O2S/c1-8(2)15-5-6-16-10-7-9(12-3)13-11(14-10)17-4/h7-8H,5-6H2,1-4H3,(H,12,13,14). The van der Waals surface area contributed by atoms with E-state index in [0.717, 1.165) is 5.82 Å². The fourth-order valence-corrected chi connectivity index (χ4v) is 1.50. The zero-order valence-corrected chi connectivity index (χ0v) is 11.5. The number of aromatic nitrogens is 2. The molecule has 0 fully saturated rings. The van der Waals surface area contributed by atoms with Crippen LogP contribution in [-0.4, -0.2) is 42.6 Å². The zero-order valence-electron chi connectivity index (χ0n) is 10.7. The van der Waals surface area contributed by atoms with E-state index in [9.17, 15) is 0 Å². The Morgan fingerprint density at radius 1 is 1.35 bits per heavy atom. The van der Waals surface area contributed by atoms with Gasteiger partial charge in [0.25, 0.3) is 0 Å². The van der Waals surface area contributed by atoms with Crippen LogP contribution in [-0.2, 0) is 4.74 Å². The maximum atomic E-state index is 5.51. The molecule has 5 nitrogen and oxygen atoms in total. The van der Waals surface area contributed by atoms with Crippen molar-refractivity contribution in [2.24, 2.45) is 0 Å². The Kier molecular flexibility index (Phi) is 6.07. The summed E-state index contributed by atoms with van der Waals surface area (Å²) in [6.45, 7) is 5.04. The highest BCUT2D eigenvalue weighted by Gasteiger charge is 2.04. The summed E-state index contributed by atoms with van der Waals surface area (Å²) in [5, 5.41) is 3.67. The molecule has 1 aromatic heterocycles. The van der Waals surface area contributed by atoms with Crippen molar-refractivity contribution < 1.29 is 9.47 Å². The van der Waals surface area contributed by atoms with Crippen molar-refractivity contribution in [3.05, 3.63) is 6.07 Å². The Morgan fingerprint density at radius 2 is 2.12 bits per heavy atom. The SMILES string of the molecule is CNc1cc(OCCOC(C)C)nc(SC)n1. The van der Waals surface area contributed by atoms with Gasteiger partial charge in [0.05, 0.1) is 12.7 Å². The van der Waals surface area contributed by atoms with Gasteiger partial charge in [-0.1, -0.05) is 11.8 Å². The fraction of sp³-hybridized carbons (Fsp3) is 0.636. The first kappa shape index (κ1) is 14.1. The predicted octanol–water partition coefficient (Wildman–Crippen LogP) is 2.04. The average molecular weight is 257 g/mol. The van der Waals surface area contributed by atoms with Gasteiger partial charge in [-0.05, 0) is 20.1 Å². The maximum Gasteiger partial charge on any atom is 0.219 e. The van der Waals surface area contributed by atoms with Crippen LogP contribution in [0.3, 0.4) is 0 Å². The van der Waals surface area contributed by atoms with E-state index < -0.39 is 0 Å². The van der Waals surface area contributed by atoms with Gasteiger partial charge in [0.2, 0.25) is 5.88 Å². The molecule has 0 aliphatic rings. The van der Waals surface area contributed by atoms with Gasteiger partial charge in [0.1, 0.15) is 12.4 Å². The number of ether oxygens (including phenoxy) is 2. The summed E-state index contributed by atoms with van der Waals surface area (Å²) in [6.07, 6.45) is 2.15. The Balaban J connectivity index is 2.51. The number of rotatable bonds is 7. The molecular formula is C11H19N3O2S. The molecule has 0 atom stereocenters. The van der Waals surface area contributed by atoms with Gasteiger partial charge in [-0.15, -0.1) is 0 Å². The summed E-state index contributed by atoms with van der Waals surface area (Å²) in [4.78, 5) is 8.51. The summed E-state index contributed by atoms with van der Waals surface area (Å²) in [6, 6.07) is 1.77. The number of hydrogen-bond acceptors (Lipinski definition) is 6. The Bertz CT molecular complexity index is 325. The van der Waals surface area contributed by atoms with Crippen molar-refractivity contribution in [1.29, 1.82) is 0 Å². The van der Waals surface area contributed by atoms with Crippen molar-refractivity contribution in [1.82, 2.24) is 9.97 Å². The van der Waals surface area contributed by atoms with Gasteiger partial charge in [-0.25, -0.2) is 4.98 Å². The third-order valence-electron chi connectivity index (χ3n) is 1.91. The van der Waals surface area contributed by atoms with E-state index in [4.69, 9.17) is 9.47 Å². The van der Waals surface area contributed by atoms with Crippen molar-refractivity contribution >= 4 is 17.6 Å². The van der Waals surface area contributed by atoms with E-state index in [-0.39, 0.29) is 6.10 Å². The lowest BCUT2D eigenvalue weighted by Crippen LogP contribution is -2.12. The quantitative estimate of drug-likeness (QED) is 0.458. The highest BCUT2D eigenvalue weighted by atomic mass is 32.2. The zero-order chi connectivity index (χ0) is 12.7. The molecule has 0 aromatic carbocycles. The van der Waals surface area contributed by atoms with Gasteiger partial charge in [0, 0.05) is 13.1 Å². The first-order valence-corrected chi connectivity index (χ1v) is 6.73. The molecule has 96 valence electrons. The van der Waals surface area contributed by atoms with E-state index in [0.29, 0.717) is 24.3 Å². The van der Waals surface area contributed by atoms with Gasteiger partial charge >= 0.3 is 0 Å². The summed E-state index contributed by atoms with van der Waals surface area (Å²) >= 11 is 1.48. The van der Waals surface area contributed by atoms with E-state index in [1.165, 1.54) is 11.8 Å². The molecule has 1 aromatic rings. The highest BCUT2D eigenvalue weighted by Crippen LogP contribution is 2.18. The lowest BCUT2D eigenvalue weighted by molar-refractivity contribution is 0.0541. The Hall–Kier alpha value is -1.01. The minimum Gasteiger partial charge on any atom is -0.475 e. The second-order valence-corrected chi connectivity index (χ2v) is 4.37. The molecule has 0 aliphatic carbocycles. The number of nitrogens with one attached hydrogen (secondary N) is 1. The molecule has 0 bridgehead atoms. The van der Waals surface area contributed by atoms with Crippen molar-refractivity contribution in [2.45, 2.75) is 25.1 Å². The molecule has 0 radical (unpaired) electrons. The molecule has 0 amide bonds. The minimum atomic E-state index is 0.221. The lowest BCUT2D eigenvalue weighted by Gasteiger charge is -2.10. The molecule has 6 heteroatoms. The number of nitrogens with zero attached hydrogens (tertiary/aromatic N) is 2. The third kappa shape index (κ3) is 5.23. The van der Waals surface area contributed by atoms with Gasteiger partial charge < -0.3 is 14.8 Å². The predicted molar refractivity (Wildman–Crippen MR) is 69.9 cm³/mol. The first-order valence-electron chi connectivity index (χ1n) is 5.51. The van der Waals surface area contributed by atoms with E-state index in [1.807, 2.05) is 27.2 Å². The molecule has 0 aliphatic heterocycles. The van der Waals surface area contributed by atoms with E-state index in [1.54, 1.807) is 6.07 Å². The second-order valence-electron chi connectivity index (χ2n) is 3.60. The molecule has 0 saturated carbocycles. The number of anilines is 1. The van der Waals surface area contributed by atoms with E-state index in [2.05, 4.69) is 15.3 Å². The maximum absolute atomic E-state index is 5.51. The smallest absolute Gasteiger partial charge is 0.219 e. The monoisotopic (exact) mass is 257 g/mol. The van der Waals surface area contributed by atoms with Crippen LogP contribution in [0, 0.1) is 0 Å². The summed E-state index contributed by atoms with van der Waals surface area (Å²) in [7, 11) is 1.82. The van der Waals surface area contributed by atoms with Crippen LogP contribution >= 0.6 is 11.8 Å². The molecule has 1 heterocycles. The van der Waals surface area contributed by atoms with Gasteiger partial charge in [0.15, 0.2) is 5.16 Å². The average Bonchev–Trinajstić information content (AvgIpc) is 2.34. The van der Waals surface area contributed by atoms with Crippen molar-refractivity contribution in [2.75, 3.05) is 31.8 Å². The van der Waals surface area contributed by atoms with Crippen LogP contribution in [0.4, 0.5) is 5.82 Å². The lowest BCUT2D eigenvalue weighted by atomic mass is 10.5. The summed E-state index contributed by atoms with van der Waals surface area (Å²) in [5.74, 6) is 1.32. The van der Waals surface area contributed by atoms with Crippen LogP contribution in [0.25, 0.3) is 0 Å². The largest absolute Gasteiger partial charge is 0.475 e. The molecule has 17 heavy (non-hydrogen) atoms. The first-order chi connectivity index (χ1) is 8.15. The Morgan fingerprint density at radius 3 is 2.71 bits per heavy atom. The van der Waals surface area contributed by atoms with Crippen LogP contribution in [0.1, 0.15) is 13.8 Å². The van der Waals surface area contributed by atoms with Crippen LogP contribution in [0.2, 0.25) is 0 Å².